The first kappa shape index (κ1) is 17.4. The molecule has 6 nitrogen and oxygen atoms in total. The van der Waals surface area contributed by atoms with Gasteiger partial charge in [0.1, 0.15) is 34.5 Å². The van der Waals surface area contributed by atoms with Gasteiger partial charge >= 0.3 is 8.25 Å². The molecular formula is C12H20B2O6P+. The van der Waals surface area contributed by atoms with E-state index in [2.05, 4.69) is 0 Å². The molecule has 114 valence electrons. The van der Waals surface area contributed by atoms with Crippen LogP contribution in [0.2, 0.25) is 0 Å². The lowest BCUT2D eigenvalue weighted by Gasteiger charge is -2.14. The summed E-state index contributed by atoms with van der Waals surface area (Å²) in [6.07, 6.45) is 0.893. The van der Waals surface area contributed by atoms with Gasteiger partial charge in [0, 0.05) is 23.7 Å². The molecule has 7 atom stereocenters. The van der Waals surface area contributed by atoms with E-state index in [4.69, 9.17) is 39.0 Å². The van der Waals surface area contributed by atoms with Crippen molar-refractivity contribution >= 4 is 23.9 Å². The Labute approximate surface area is 128 Å². The third-order valence-electron chi connectivity index (χ3n) is 3.73. The Kier molecular flexibility index (Phi) is 6.66. The summed E-state index contributed by atoms with van der Waals surface area (Å²) in [7, 11) is 10.7. The fraction of sp³-hybridized carbons (Fsp3) is 1.00. The van der Waals surface area contributed by atoms with Crippen LogP contribution in [0.1, 0.15) is 26.2 Å². The topological polar surface area (TPSA) is 63.2 Å². The molecule has 0 N–H and O–H groups in total. The summed E-state index contributed by atoms with van der Waals surface area (Å²) >= 11 is 0. The van der Waals surface area contributed by atoms with E-state index in [1.807, 2.05) is 6.92 Å². The van der Waals surface area contributed by atoms with Crippen molar-refractivity contribution in [2.24, 2.45) is 0 Å². The minimum atomic E-state index is -2.26. The van der Waals surface area contributed by atoms with Crippen molar-refractivity contribution in [2.75, 3.05) is 13.7 Å². The number of hydrogen-bond donors (Lipinski definition) is 0. The first-order valence-electron chi connectivity index (χ1n) is 7.15. The van der Waals surface area contributed by atoms with Crippen LogP contribution in [0.3, 0.4) is 0 Å². The van der Waals surface area contributed by atoms with Crippen LogP contribution in [0.25, 0.3) is 0 Å². The van der Waals surface area contributed by atoms with E-state index in [0.717, 1.165) is 6.42 Å². The van der Waals surface area contributed by atoms with Gasteiger partial charge in [-0.1, -0.05) is 6.92 Å². The largest absolute Gasteiger partial charge is 0.697 e. The van der Waals surface area contributed by atoms with E-state index in [9.17, 15) is 4.57 Å². The molecule has 2 aliphatic rings. The zero-order chi connectivity index (χ0) is 15.4. The number of ether oxygens (including phenoxy) is 3. The second-order valence-electron chi connectivity index (χ2n) is 5.24. The molecule has 0 saturated carbocycles. The highest BCUT2D eigenvalue weighted by molar-refractivity contribution is 7.33. The lowest BCUT2D eigenvalue weighted by atomic mass is 9.96. The van der Waals surface area contributed by atoms with Gasteiger partial charge in [0.2, 0.25) is 0 Å². The van der Waals surface area contributed by atoms with Gasteiger partial charge in [0.15, 0.2) is 0 Å². The Hall–Kier alpha value is 0.0299. The summed E-state index contributed by atoms with van der Waals surface area (Å²) in [5.74, 6) is 0. The number of rotatable bonds is 7. The van der Waals surface area contributed by atoms with Crippen LogP contribution in [-0.2, 0) is 27.8 Å². The van der Waals surface area contributed by atoms with Gasteiger partial charge in [-0.3, -0.25) is 0 Å². The van der Waals surface area contributed by atoms with Gasteiger partial charge in [-0.2, -0.15) is 0 Å². The standard InChI is InChI=1S/C12H20B2O6P/c1-3-7-9(5-12(14)18-7)20-21(15)17-6-10-8(16-2)4-11(13)19-10/h7-12H,3-6H2,1-2H3/q+1/t7-,8-,9-,10-,11-,12-/m1/s1. The van der Waals surface area contributed by atoms with E-state index >= 15 is 0 Å². The molecule has 2 saturated heterocycles. The summed E-state index contributed by atoms with van der Waals surface area (Å²) in [6, 6.07) is -0.759. The minimum Gasteiger partial charge on any atom is -0.382 e. The molecular weight excluding hydrogens is 293 g/mol. The second kappa shape index (κ2) is 8.04. The molecule has 4 radical (unpaired) electrons. The van der Waals surface area contributed by atoms with Crippen LogP contribution in [0.5, 0.6) is 0 Å². The first-order chi connectivity index (χ1) is 10.0. The lowest BCUT2D eigenvalue weighted by Crippen LogP contribution is -2.28. The number of hydrogen-bond acceptors (Lipinski definition) is 6. The van der Waals surface area contributed by atoms with Crippen LogP contribution in [0.15, 0.2) is 0 Å². The molecule has 0 aromatic carbocycles. The minimum absolute atomic E-state index is 0.109. The fourth-order valence-corrected chi connectivity index (χ4v) is 3.41. The Balaban J connectivity index is 1.75. The Morgan fingerprint density at radius 1 is 1.14 bits per heavy atom. The molecule has 1 unspecified atom stereocenters. The zero-order valence-electron chi connectivity index (χ0n) is 12.3. The predicted octanol–water partition coefficient (Wildman–Crippen LogP) is 1.04. The molecule has 2 fully saturated rings. The quantitative estimate of drug-likeness (QED) is 0.517. The molecule has 9 heteroatoms. The molecule has 2 rings (SSSR count). The molecule has 21 heavy (non-hydrogen) atoms. The van der Waals surface area contributed by atoms with E-state index in [1.165, 1.54) is 0 Å². The Morgan fingerprint density at radius 2 is 1.76 bits per heavy atom. The SMILES string of the molecule is [B][C@H]1C[C@@H](OC)[C@@H](CO[P+](=O)O[C@@H]2C[C@H]([B])O[C@@H]2CC)O1. The van der Waals surface area contributed by atoms with E-state index in [-0.39, 0.29) is 43.0 Å². The van der Waals surface area contributed by atoms with Crippen LogP contribution < -0.4 is 0 Å². The summed E-state index contributed by atoms with van der Waals surface area (Å²) in [5, 5.41) is 0. The summed E-state index contributed by atoms with van der Waals surface area (Å²) in [5.41, 5.74) is 0. The maximum atomic E-state index is 11.9. The van der Waals surface area contributed by atoms with E-state index in [0.29, 0.717) is 12.8 Å². The van der Waals surface area contributed by atoms with Crippen molar-refractivity contribution in [3.63, 3.8) is 0 Å². The van der Waals surface area contributed by atoms with E-state index < -0.39 is 8.25 Å². The summed E-state index contributed by atoms with van der Waals surface area (Å²) in [6.45, 7) is 2.07. The van der Waals surface area contributed by atoms with Crippen LogP contribution in [0, 0.1) is 0 Å². The third kappa shape index (κ3) is 4.75. The van der Waals surface area contributed by atoms with Crippen LogP contribution >= 0.6 is 8.25 Å². The number of methoxy groups -OCH3 is 1. The monoisotopic (exact) mass is 313 g/mol. The molecule has 0 aromatic heterocycles. The van der Waals surface area contributed by atoms with Gasteiger partial charge in [-0.25, -0.2) is 0 Å². The molecule has 0 bridgehead atoms. The average molecular weight is 313 g/mol. The normalized spacial score (nSPS) is 40.6. The van der Waals surface area contributed by atoms with Crippen molar-refractivity contribution < 1.29 is 27.8 Å². The third-order valence-corrected chi connectivity index (χ3v) is 4.53. The highest BCUT2D eigenvalue weighted by Gasteiger charge is 2.41. The van der Waals surface area contributed by atoms with Crippen molar-refractivity contribution in [3.05, 3.63) is 0 Å². The predicted molar refractivity (Wildman–Crippen MR) is 77.6 cm³/mol. The molecule has 0 spiro atoms. The molecule has 0 amide bonds. The van der Waals surface area contributed by atoms with Crippen LogP contribution in [0.4, 0.5) is 0 Å². The maximum Gasteiger partial charge on any atom is 0.697 e. The molecule has 0 aromatic rings. The highest BCUT2D eigenvalue weighted by atomic mass is 31.1. The first-order valence-corrected chi connectivity index (χ1v) is 8.24. The summed E-state index contributed by atoms with van der Waals surface area (Å²) in [4.78, 5) is 0. The van der Waals surface area contributed by atoms with Gasteiger partial charge < -0.3 is 14.2 Å². The van der Waals surface area contributed by atoms with Crippen molar-refractivity contribution in [2.45, 2.75) is 62.6 Å². The van der Waals surface area contributed by atoms with Crippen LogP contribution in [-0.4, -0.2) is 65.8 Å². The highest BCUT2D eigenvalue weighted by Crippen LogP contribution is 2.35. The average Bonchev–Trinajstić information content (AvgIpc) is 2.98. The van der Waals surface area contributed by atoms with E-state index in [1.54, 1.807) is 7.11 Å². The lowest BCUT2D eigenvalue weighted by molar-refractivity contribution is -0.0193. The Bertz CT molecular complexity index is 361. The van der Waals surface area contributed by atoms with Crippen molar-refractivity contribution in [1.29, 1.82) is 0 Å². The maximum absolute atomic E-state index is 11.9. The smallest absolute Gasteiger partial charge is 0.382 e. The van der Waals surface area contributed by atoms with Crippen molar-refractivity contribution in [3.8, 4) is 0 Å². The van der Waals surface area contributed by atoms with Gasteiger partial charge in [0.05, 0.1) is 12.2 Å². The van der Waals surface area contributed by atoms with Crippen molar-refractivity contribution in [1.82, 2.24) is 0 Å². The molecule has 2 heterocycles. The molecule has 2 aliphatic heterocycles. The van der Waals surface area contributed by atoms with Gasteiger partial charge in [-0.15, -0.1) is 9.05 Å². The second-order valence-corrected chi connectivity index (χ2v) is 6.16. The molecule has 0 aliphatic carbocycles. The summed E-state index contributed by atoms with van der Waals surface area (Å²) < 4.78 is 38.7. The Morgan fingerprint density at radius 3 is 2.38 bits per heavy atom. The zero-order valence-corrected chi connectivity index (χ0v) is 13.2. The van der Waals surface area contributed by atoms with Gasteiger partial charge in [0.25, 0.3) is 0 Å². The fourth-order valence-electron chi connectivity index (χ4n) is 2.64. The van der Waals surface area contributed by atoms with Gasteiger partial charge in [-0.05, 0) is 19.3 Å².